The molecule has 1 heterocycles. The summed E-state index contributed by atoms with van der Waals surface area (Å²) >= 11 is 11.0. The van der Waals surface area contributed by atoms with Gasteiger partial charge in [-0.05, 0) is 65.7 Å². The number of thioether (sulfide) groups is 1. The number of anilines is 1. The van der Waals surface area contributed by atoms with E-state index in [0.717, 1.165) is 31.9 Å². The third-order valence-corrected chi connectivity index (χ3v) is 6.21. The van der Waals surface area contributed by atoms with Crippen LogP contribution in [-0.4, -0.2) is 34.4 Å². The van der Waals surface area contributed by atoms with Gasteiger partial charge in [0.05, 0.1) is 28.6 Å². The van der Waals surface area contributed by atoms with Gasteiger partial charge in [-0.2, -0.15) is 0 Å². The largest absolute Gasteiger partial charge is 0.383 e. The lowest BCUT2D eigenvalue weighted by Crippen LogP contribution is -2.23. The maximum Gasteiger partial charge on any atom is 0.237 e. The van der Waals surface area contributed by atoms with Crippen molar-refractivity contribution < 1.29 is 9.53 Å². The fraction of sp³-hybridized carbons (Fsp3) is 0.300. The Bertz CT molecular complexity index is 1010. The molecule has 3 rings (SSSR count). The third kappa shape index (κ3) is 4.89. The molecule has 1 amide bonds. The third-order valence-electron chi connectivity index (χ3n) is 4.23. The highest BCUT2D eigenvalue weighted by Crippen LogP contribution is 2.30. The lowest BCUT2D eigenvalue weighted by atomic mass is 10.2. The molecule has 1 unspecified atom stereocenters. The van der Waals surface area contributed by atoms with Gasteiger partial charge in [0, 0.05) is 23.1 Å². The number of halogens is 2. The molecule has 1 aromatic heterocycles. The van der Waals surface area contributed by atoms with Crippen LogP contribution in [0.4, 0.5) is 5.69 Å². The van der Waals surface area contributed by atoms with Crippen LogP contribution in [0.1, 0.15) is 12.5 Å². The summed E-state index contributed by atoms with van der Waals surface area (Å²) in [6, 6.07) is 11.4. The Morgan fingerprint density at radius 3 is 2.86 bits per heavy atom. The van der Waals surface area contributed by atoms with Crippen LogP contribution in [0.2, 0.25) is 5.02 Å². The van der Waals surface area contributed by atoms with E-state index in [9.17, 15) is 4.79 Å². The van der Waals surface area contributed by atoms with Crippen molar-refractivity contribution in [3.63, 3.8) is 0 Å². The van der Waals surface area contributed by atoms with Crippen molar-refractivity contribution in [2.24, 2.45) is 0 Å². The SMILES string of the molecule is COCCn1c(SC(C)C(=O)Nc2ccc(C)cc2Br)nc2cc(Cl)ccc21. The summed E-state index contributed by atoms with van der Waals surface area (Å²) in [5.41, 5.74) is 3.65. The van der Waals surface area contributed by atoms with Crippen LogP contribution in [0.15, 0.2) is 46.0 Å². The van der Waals surface area contributed by atoms with Crippen LogP contribution in [0.3, 0.4) is 0 Å². The second kappa shape index (κ2) is 9.31. The Labute approximate surface area is 181 Å². The van der Waals surface area contributed by atoms with E-state index in [1.807, 2.05) is 50.2 Å². The van der Waals surface area contributed by atoms with Gasteiger partial charge in [0.2, 0.25) is 5.91 Å². The standard InChI is InChI=1S/C20H21BrClN3O2S/c1-12-4-6-16(15(21)10-12)23-19(26)13(2)28-20-24-17-11-14(22)5-7-18(17)25(20)8-9-27-3/h4-7,10-11,13H,8-9H2,1-3H3,(H,23,26). The van der Waals surface area contributed by atoms with E-state index in [4.69, 9.17) is 16.3 Å². The highest BCUT2D eigenvalue weighted by atomic mass is 79.9. The molecule has 8 heteroatoms. The zero-order valence-corrected chi connectivity index (χ0v) is 19.0. The Balaban J connectivity index is 1.81. The van der Waals surface area contributed by atoms with E-state index in [2.05, 4.69) is 30.8 Å². The van der Waals surface area contributed by atoms with Gasteiger partial charge in [-0.1, -0.05) is 29.4 Å². The number of carbonyl (C=O) groups excluding carboxylic acids is 1. The number of aryl methyl sites for hydroxylation is 1. The number of nitrogens with one attached hydrogen (secondary N) is 1. The molecule has 0 fully saturated rings. The summed E-state index contributed by atoms with van der Waals surface area (Å²) in [5, 5.41) is 4.04. The molecule has 3 aromatic rings. The number of rotatable bonds is 7. The molecule has 28 heavy (non-hydrogen) atoms. The highest BCUT2D eigenvalue weighted by molar-refractivity contribution is 9.10. The maximum absolute atomic E-state index is 12.7. The van der Waals surface area contributed by atoms with E-state index < -0.39 is 0 Å². The Hall–Kier alpha value is -1.54. The smallest absolute Gasteiger partial charge is 0.237 e. The maximum atomic E-state index is 12.7. The fourth-order valence-electron chi connectivity index (χ4n) is 2.74. The number of amides is 1. The van der Waals surface area contributed by atoms with E-state index in [1.54, 1.807) is 7.11 Å². The van der Waals surface area contributed by atoms with Crippen molar-refractivity contribution in [2.45, 2.75) is 30.8 Å². The monoisotopic (exact) mass is 481 g/mol. The minimum absolute atomic E-state index is 0.0852. The zero-order valence-electron chi connectivity index (χ0n) is 15.8. The molecule has 0 saturated carbocycles. The van der Waals surface area contributed by atoms with Crippen LogP contribution in [0, 0.1) is 6.92 Å². The number of ether oxygens (including phenoxy) is 1. The van der Waals surface area contributed by atoms with E-state index >= 15 is 0 Å². The van der Waals surface area contributed by atoms with E-state index in [1.165, 1.54) is 11.8 Å². The summed E-state index contributed by atoms with van der Waals surface area (Å²) in [4.78, 5) is 17.4. The number of carbonyl (C=O) groups is 1. The van der Waals surface area contributed by atoms with Crippen LogP contribution in [0.25, 0.3) is 11.0 Å². The molecule has 148 valence electrons. The molecule has 0 bridgehead atoms. The van der Waals surface area contributed by atoms with Gasteiger partial charge in [0.1, 0.15) is 0 Å². The fourth-order valence-corrected chi connectivity index (χ4v) is 4.45. The first-order valence-corrected chi connectivity index (χ1v) is 10.8. The van der Waals surface area contributed by atoms with Crippen LogP contribution in [-0.2, 0) is 16.1 Å². The number of aromatic nitrogens is 2. The van der Waals surface area contributed by atoms with Crippen molar-refractivity contribution in [3.8, 4) is 0 Å². The van der Waals surface area contributed by atoms with Gasteiger partial charge in [0.15, 0.2) is 5.16 Å². The first-order chi connectivity index (χ1) is 13.4. The Morgan fingerprint density at radius 1 is 1.36 bits per heavy atom. The summed E-state index contributed by atoms with van der Waals surface area (Å²) in [7, 11) is 1.66. The molecule has 1 N–H and O–H groups in total. The predicted octanol–water partition coefficient (Wildman–Crippen LogP) is 5.53. The molecule has 0 aliphatic carbocycles. The first-order valence-electron chi connectivity index (χ1n) is 8.77. The summed E-state index contributed by atoms with van der Waals surface area (Å²) in [6.45, 7) is 5.08. The normalized spacial score (nSPS) is 12.3. The van der Waals surface area contributed by atoms with Gasteiger partial charge in [0.25, 0.3) is 0 Å². The number of hydrogen-bond donors (Lipinski definition) is 1. The number of nitrogens with zero attached hydrogens (tertiary/aromatic N) is 2. The van der Waals surface area contributed by atoms with Crippen molar-refractivity contribution in [3.05, 3.63) is 51.5 Å². The van der Waals surface area contributed by atoms with Gasteiger partial charge >= 0.3 is 0 Å². The summed E-state index contributed by atoms with van der Waals surface area (Å²) in [6.07, 6.45) is 0. The van der Waals surface area contributed by atoms with Crippen molar-refractivity contribution in [1.82, 2.24) is 9.55 Å². The molecule has 2 aromatic carbocycles. The second-order valence-electron chi connectivity index (χ2n) is 6.40. The van der Waals surface area contributed by atoms with Gasteiger partial charge in [-0.15, -0.1) is 0 Å². The Morgan fingerprint density at radius 2 is 2.14 bits per heavy atom. The molecular weight excluding hydrogens is 462 g/mol. The van der Waals surface area contributed by atoms with Gasteiger partial charge < -0.3 is 14.6 Å². The number of fused-ring (bicyclic) bond motifs is 1. The van der Waals surface area contributed by atoms with Gasteiger partial charge in [-0.3, -0.25) is 4.79 Å². The summed E-state index contributed by atoms with van der Waals surface area (Å²) < 4.78 is 8.15. The van der Waals surface area contributed by atoms with Crippen molar-refractivity contribution >= 4 is 61.9 Å². The molecule has 0 aliphatic rings. The van der Waals surface area contributed by atoms with Crippen molar-refractivity contribution in [2.75, 3.05) is 19.0 Å². The van der Waals surface area contributed by atoms with E-state index in [-0.39, 0.29) is 11.2 Å². The summed E-state index contributed by atoms with van der Waals surface area (Å²) in [5.74, 6) is -0.0852. The molecule has 5 nitrogen and oxygen atoms in total. The number of hydrogen-bond acceptors (Lipinski definition) is 4. The van der Waals surface area contributed by atoms with E-state index in [0.29, 0.717) is 18.2 Å². The van der Waals surface area contributed by atoms with Crippen molar-refractivity contribution in [1.29, 1.82) is 0 Å². The zero-order chi connectivity index (χ0) is 20.3. The first kappa shape index (κ1) is 21.2. The molecule has 0 saturated heterocycles. The minimum Gasteiger partial charge on any atom is -0.383 e. The Kier molecular flexibility index (Phi) is 7.04. The predicted molar refractivity (Wildman–Crippen MR) is 119 cm³/mol. The second-order valence-corrected chi connectivity index (χ2v) is 9.00. The lowest BCUT2D eigenvalue weighted by molar-refractivity contribution is -0.115. The number of methoxy groups -OCH3 is 1. The average Bonchev–Trinajstić information content (AvgIpc) is 2.98. The topological polar surface area (TPSA) is 56.1 Å². The van der Waals surface area contributed by atoms with Gasteiger partial charge in [-0.25, -0.2) is 4.98 Å². The lowest BCUT2D eigenvalue weighted by Gasteiger charge is -2.14. The van der Waals surface area contributed by atoms with Crippen LogP contribution < -0.4 is 5.32 Å². The number of imidazole rings is 1. The molecule has 1 atom stereocenters. The minimum atomic E-state index is -0.332. The van der Waals surface area contributed by atoms with Crippen LogP contribution in [0.5, 0.6) is 0 Å². The van der Waals surface area contributed by atoms with Crippen LogP contribution >= 0.6 is 39.3 Å². The molecular formula is C20H21BrClN3O2S. The highest BCUT2D eigenvalue weighted by Gasteiger charge is 2.20. The average molecular weight is 483 g/mol. The molecule has 0 radical (unpaired) electrons. The quantitative estimate of drug-likeness (QED) is 0.450. The number of benzene rings is 2. The molecule has 0 spiro atoms. The molecule has 0 aliphatic heterocycles.